The molecule has 6 rings (SSSR count). The average molecular weight is 1040 g/mol. The fourth-order valence-electron chi connectivity index (χ4n) is 8.79. The van der Waals surface area contributed by atoms with Crippen LogP contribution >= 0.6 is 0 Å². The second-order valence-electron chi connectivity index (χ2n) is 18.4. The third-order valence-corrected chi connectivity index (χ3v) is 12.7. The topological polar surface area (TPSA) is 455 Å². The number of aliphatic imine (C=N–C) groups is 3. The van der Waals surface area contributed by atoms with Crippen LogP contribution in [-0.4, -0.2) is 124 Å². The zero-order valence-corrected chi connectivity index (χ0v) is 42.0. The largest absolute Gasteiger partial charge is 0.370 e. The Balaban J connectivity index is 1.28. The lowest BCUT2D eigenvalue weighted by molar-refractivity contribution is -0.135. The van der Waals surface area contributed by atoms with Crippen molar-refractivity contribution in [3.8, 4) is 0 Å². The summed E-state index contributed by atoms with van der Waals surface area (Å²) in [6, 6.07) is 14.8. The molecule has 0 spiro atoms. The van der Waals surface area contributed by atoms with Crippen LogP contribution in [0, 0.1) is 0 Å². The Labute approximate surface area is 437 Å². The first kappa shape index (κ1) is 56.2. The first-order chi connectivity index (χ1) is 36.5. The molecule has 25 nitrogen and oxygen atoms in total. The number of hydrogen-bond donors (Lipinski definition) is 16. The number of nitrogens with two attached hydrogens (primary N) is 8. The van der Waals surface area contributed by atoms with Crippen molar-refractivity contribution in [3.05, 3.63) is 108 Å². The molecule has 0 saturated carbocycles. The number of hydrogen-bond acceptors (Lipinski definition) is 10. The van der Waals surface area contributed by atoms with E-state index in [2.05, 4.69) is 56.5 Å². The summed E-state index contributed by atoms with van der Waals surface area (Å²) in [7, 11) is 0. The van der Waals surface area contributed by atoms with E-state index in [0.29, 0.717) is 11.1 Å². The minimum Gasteiger partial charge on any atom is -0.370 e. The highest BCUT2D eigenvalue weighted by Gasteiger charge is 2.34. The maximum Gasteiger partial charge on any atom is 0.243 e. The predicted octanol–water partition coefficient (Wildman–Crippen LogP) is -1.44. The van der Waals surface area contributed by atoms with E-state index in [1.807, 2.05) is 72.8 Å². The summed E-state index contributed by atoms with van der Waals surface area (Å²) in [6.07, 6.45) is 5.99. The second kappa shape index (κ2) is 27.2. The molecule has 6 atom stereocenters. The van der Waals surface area contributed by atoms with Gasteiger partial charge in [-0.3, -0.25) is 43.7 Å². The second-order valence-corrected chi connectivity index (χ2v) is 18.4. The third kappa shape index (κ3) is 16.2. The van der Waals surface area contributed by atoms with Crippen molar-refractivity contribution in [1.82, 2.24) is 41.5 Å². The molecule has 0 aliphatic rings. The van der Waals surface area contributed by atoms with Gasteiger partial charge < -0.3 is 87.4 Å². The number of carbonyl (C=O) groups excluding carboxylic acids is 6. The van der Waals surface area contributed by atoms with Crippen LogP contribution < -0.4 is 72.5 Å². The molecule has 24 N–H and O–H groups in total. The van der Waals surface area contributed by atoms with Crippen molar-refractivity contribution in [2.75, 3.05) is 19.6 Å². The van der Waals surface area contributed by atoms with E-state index < -0.39 is 71.7 Å². The summed E-state index contributed by atoms with van der Waals surface area (Å²) in [5, 5.41) is 16.4. The van der Waals surface area contributed by atoms with Gasteiger partial charge in [-0.15, -0.1) is 0 Å². The van der Waals surface area contributed by atoms with Crippen LogP contribution in [0.5, 0.6) is 0 Å². The van der Waals surface area contributed by atoms with Crippen LogP contribution in [-0.2, 0) is 48.0 Å². The zero-order valence-electron chi connectivity index (χ0n) is 42.0. The summed E-state index contributed by atoms with van der Waals surface area (Å²) in [4.78, 5) is 106. The Bertz CT molecular complexity index is 3060. The fraction of sp³-hybridized carbons (Fsp3) is 0.353. The molecule has 0 unspecified atom stereocenters. The lowest BCUT2D eigenvalue weighted by Crippen LogP contribution is -2.60. The molecular formula is C51H69N19O6. The number of amides is 6. The molecule has 76 heavy (non-hydrogen) atoms. The summed E-state index contributed by atoms with van der Waals surface area (Å²) in [5.41, 5.74) is 50.0. The standard InChI is InChI=1S/C51H69N19O6/c52-34(22-28-25-63-35-13-4-1-10-31(28)35)44(72)67-39(17-8-20-61-50(56)57)45(73)70-42(24-30-27-65-37-15-6-3-12-33(30)37)48(76)68-40(18-9-21-62-51(58)59)46(74)69-41(23-29-26-64-36-14-5-2-11-32(29)36)47(75)66-38(43(53)71)16-7-19-60-49(54)55/h1-6,10-15,25-27,34,38-42,63-65H,7-9,16-24,52H2,(H2,53,71)(H,66,75)(H,67,72)(H,68,76)(H,69,74)(H,70,73)(H4,54,55,60)(H4,56,57,61)(H4,58,59,62)/t34-,38-,39-,40-,41-,42-/m0/s1. The molecule has 0 bridgehead atoms. The van der Waals surface area contributed by atoms with Crippen molar-refractivity contribution < 1.29 is 28.8 Å². The molecule has 0 radical (unpaired) electrons. The number of fused-ring (bicyclic) bond motifs is 3. The number of aromatic amines is 3. The molecule has 0 aliphatic heterocycles. The summed E-state index contributed by atoms with van der Waals surface area (Å²) in [5.74, 6) is -4.99. The summed E-state index contributed by atoms with van der Waals surface area (Å²) in [6.45, 7) is 0.359. The van der Waals surface area contributed by atoms with Crippen LogP contribution in [0.2, 0.25) is 0 Å². The van der Waals surface area contributed by atoms with Crippen LogP contribution in [0.25, 0.3) is 32.7 Å². The lowest BCUT2D eigenvalue weighted by atomic mass is 10.0. The monoisotopic (exact) mass is 1040 g/mol. The van der Waals surface area contributed by atoms with Crippen LogP contribution in [0.3, 0.4) is 0 Å². The first-order valence-corrected chi connectivity index (χ1v) is 24.8. The van der Waals surface area contributed by atoms with Gasteiger partial charge in [-0.2, -0.15) is 0 Å². The Hall–Kier alpha value is -9.13. The van der Waals surface area contributed by atoms with Gasteiger partial charge in [0.2, 0.25) is 35.4 Å². The van der Waals surface area contributed by atoms with Crippen molar-refractivity contribution in [1.29, 1.82) is 0 Å². The Kier molecular flexibility index (Phi) is 20.1. The Morgan fingerprint density at radius 1 is 0.408 bits per heavy atom. The number of primary amides is 1. The van der Waals surface area contributed by atoms with Gasteiger partial charge >= 0.3 is 0 Å². The van der Waals surface area contributed by atoms with Gasteiger partial charge in [-0.25, -0.2) is 0 Å². The predicted molar refractivity (Wildman–Crippen MR) is 293 cm³/mol. The van der Waals surface area contributed by atoms with Gasteiger partial charge in [0.25, 0.3) is 0 Å². The number of aromatic nitrogens is 3. The highest BCUT2D eigenvalue weighted by atomic mass is 16.2. The molecule has 3 aromatic carbocycles. The van der Waals surface area contributed by atoms with Crippen molar-refractivity contribution in [3.63, 3.8) is 0 Å². The van der Waals surface area contributed by atoms with Gasteiger partial charge in [-0.05, 0) is 79.8 Å². The van der Waals surface area contributed by atoms with Crippen LogP contribution in [0.15, 0.2) is 106 Å². The van der Waals surface area contributed by atoms with E-state index in [1.165, 1.54) is 0 Å². The van der Waals surface area contributed by atoms with Gasteiger partial charge in [0, 0.05) is 83.8 Å². The van der Waals surface area contributed by atoms with Gasteiger partial charge in [0.1, 0.15) is 30.2 Å². The van der Waals surface area contributed by atoms with Gasteiger partial charge in [-0.1, -0.05) is 54.6 Å². The maximum atomic E-state index is 14.9. The van der Waals surface area contributed by atoms with Crippen LogP contribution in [0.1, 0.15) is 55.2 Å². The molecule has 6 aromatic rings. The molecule has 3 aromatic heterocycles. The van der Waals surface area contributed by atoms with E-state index in [-0.39, 0.29) is 95.3 Å². The number of guanidine groups is 3. The summed E-state index contributed by atoms with van der Waals surface area (Å²) < 4.78 is 0. The smallest absolute Gasteiger partial charge is 0.243 e. The number of nitrogens with zero attached hydrogens (tertiary/aromatic N) is 3. The molecule has 0 aliphatic carbocycles. The molecule has 0 saturated heterocycles. The van der Waals surface area contributed by atoms with E-state index in [4.69, 9.17) is 45.9 Å². The Morgan fingerprint density at radius 3 is 1.08 bits per heavy atom. The number of nitrogens with one attached hydrogen (secondary N) is 8. The third-order valence-electron chi connectivity index (χ3n) is 12.7. The van der Waals surface area contributed by atoms with Gasteiger partial charge in [0.05, 0.1) is 6.04 Å². The van der Waals surface area contributed by atoms with E-state index >= 15 is 0 Å². The SMILES string of the molecule is NC(=O)[C@H](CCCN=C(N)N)NC(=O)[C@H](Cc1c[nH]c2ccccc12)NC(=O)[C@H](CCCN=C(N)N)NC(=O)[C@H](Cc1c[nH]c2ccccc12)NC(=O)[C@H](CCCN=C(N)N)NC(=O)[C@@H](N)Cc1c[nH]c2ccccc12. The van der Waals surface area contributed by atoms with E-state index in [9.17, 15) is 28.8 Å². The fourth-order valence-corrected chi connectivity index (χ4v) is 8.79. The highest BCUT2D eigenvalue weighted by Crippen LogP contribution is 2.22. The van der Waals surface area contributed by atoms with Crippen LogP contribution in [0.4, 0.5) is 0 Å². The minimum absolute atomic E-state index is 0.0398. The van der Waals surface area contributed by atoms with Crippen molar-refractivity contribution in [2.45, 2.75) is 94.0 Å². The molecular weight excluding hydrogens is 975 g/mol. The number of benzene rings is 3. The summed E-state index contributed by atoms with van der Waals surface area (Å²) >= 11 is 0. The lowest BCUT2D eigenvalue weighted by Gasteiger charge is -2.27. The molecule has 25 heteroatoms. The number of rotatable bonds is 29. The molecule has 3 heterocycles. The molecule has 404 valence electrons. The highest BCUT2D eigenvalue weighted by molar-refractivity contribution is 5.98. The van der Waals surface area contributed by atoms with Crippen molar-refractivity contribution in [2.24, 2.45) is 60.8 Å². The van der Waals surface area contributed by atoms with E-state index in [1.54, 1.807) is 18.6 Å². The maximum absolute atomic E-state index is 14.9. The minimum atomic E-state index is -1.36. The number of H-pyrrole nitrogens is 3. The van der Waals surface area contributed by atoms with E-state index in [0.717, 1.165) is 38.3 Å². The molecule has 6 amide bonds. The zero-order chi connectivity index (χ0) is 54.7. The van der Waals surface area contributed by atoms with Crippen molar-refractivity contribution >= 4 is 86.0 Å². The number of carbonyl (C=O) groups is 6. The van der Waals surface area contributed by atoms with Gasteiger partial charge in [0.15, 0.2) is 17.9 Å². The Morgan fingerprint density at radius 2 is 0.711 bits per heavy atom. The normalized spacial score (nSPS) is 13.5. The number of para-hydroxylation sites is 3. The molecule has 0 fully saturated rings. The first-order valence-electron chi connectivity index (χ1n) is 24.8. The average Bonchev–Trinajstić information content (AvgIpc) is 4.12. The quantitative estimate of drug-likeness (QED) is 0.0146.